The molecule has 0 unspecified atom stereocenters. The van der Waals surface area contributed by atoms with Crippen LogP contribution in [0.2, 0.25) is 0 Å². The summed E-state index contributed by atoms with van der Waals surface area (Å²) in [6.07, 6.45) is 5.11. The molecule has 5 nitrogen and oxygen atoms in total. The number of hydrogen-bond acceptors (Lipinski definition) is 5. The molecule has 1 amide bonds. The SMILES string of the molecule is CCOc1ccc2c(c1)C=C(C(=O)Nc1nc3c(s1)CCC3)CO2. The van der Waals surface area contributed by atoms with E-state index in [9.17, 15) is 4.79 Å². The molecule has 1 N–H and O–H groups in total. The van der Waals surface area contributed by atoms with Crippen molar-refractivity contribution in [1.29, 1.82) is 0 Å². The van der Waals surface area contributed by atoms with Crippen LogP contribution in [0.5, 0.6) is 11.5 Å². The summed E-state index contributed by atoms with van der Waals surface area (Å²) in [6.45, 7) is 2.80. The number of fused-ring (bicyclic) bond motifs is 2. The van der Waals surface area contributed by atoms with E-state index in [0.717, 1.165) is 35.6 Å². The highest BCUT2D eigenvalue weighted by Crippen LogP contribution is 2.32. The lowest BCUT2D eigenvalue weighted by molar-refractivity contribution is -0.113. The van der Waals surface area contributed by atoms with Crippen LogP contribution in [0.4, 0.5) is 5.13 Å². The highest BCUT2D eigenvalue weighted by molar-refractivity contribution is 7.16. The fraction of sp³-hybridized carbons (Fsp3) is 0.333. The van der Waals surface area contributed by atoms with Gasteiger partial charge in [-0.2, -0.15) is 0 Å². The molecule has 1 aliphatic heterocycles. The van der Waals surface area contributed by atoms with Gasteiger partial charge < -0.3 is 9.47 Å². The maximum absolute atomic E-state index is 12.5. The quantitative estimate of drug-likeness (QED) is 0.924. The van der Waals surface area contributed by atoms with Crippen molar-refractivity contribution >= 4 is 28.5 Å². The number of nitrogens with one attached hydrogen (secondary N) is 1. The molecule has 0 saturated carbocycles. The number of benzene rings is 1. The predicted octanol–water partition coefficient (Wildman–Crippen LogP) is 3.45. The maximum Gasteiger partial charge on any atom is 0.256 e. The molecule has 4 rings (SSSR count). The Bertz CT molecular complexity index is 804. The Morgan fingerprint density at radius 3 is 3.17 bits per heavy atom. The van der Waals surface area contributed by atoms with E-state index >= 15 is 0 Å². The molecule has 0 saturated heterocycles. The first kappa shape index (κ1) is 15.2. The van der Waals surface area contributed by atoms with E-state index in [1.807, 2.05) is 31.2 Å². The van der Waals surface area contributed by atoms with Gasteiger partial charge in [-0.1, -0.05) is 0 Å². The number of rotatable bonds is 4. The molecule has 0 bridgehead atoms. The fourth-order valence-electron chi connectivity index (χ4n) is 2.96. The standard InChI is InChI=1S/C18H18N2O3S/c1-2-22-13-6-7-15-11(9-13)8-12(10-23-15)17(21)20-18-19-14-4-3-5-16(14)24-18/h6-9H,2-5,10H2,1H3,(H,19,20,21). The number of thiazole rings is 1. The third-order valence-electron chi connectivity index (χ3n) is 4.11. The van der Waals surface area contributed by atoms with Crippen LogP contribution in [-0.4, -0.2) is 24.1 Å². The Morgan fingerprint density at radius 2 is 2.33 bits per heavy atom. The molecular formula is C18H18N2O3S. The van der Waals surface area contributed by atoms with Crippen molar-refractivity contribution in [3.8, 4) is 11.5 Å². The molecule has 1 aromatic carbocycles. The molecule has 124 valence electrons. The van der Waals surface area contributed by atoms with Crippen molar-refractivity contribution in [2.75, 3.05) is 18.5 Å². The van der Waals surface area contributed by atoms with Gasteiger partial charge in [0.25, 0.3) is 5.91 Å². The summed E-state index contributed by atoms with van der Waals surface area (Å²) >= 11 is 1.58. The second-order valence-corrected chi connectivity index (χ2v) is 6.87. The van der Waals surface area contributed by atoms with Crippen LogP contribution in [0.15, 0.2) is 23.8 Å². The molecular weight excluding hydrogens is 324 g/mol. The van der Waals surface area contributed by atoms with Crippen molar-refractivity contribution in [2.24, 2.45) is 0 Å². The Kier molecular flexibility index (Phi) is 3.98. The average Bonchev–Trinajstić information content (AvgIpc) is 3.16. The van der Waals surface area contributed by atoms with Crippen molar-refractivity contribution < 1.29 is 14.3 Å². The largest absolute Gasteiger partial charge is 0.494 e. The molecule has 2 aromatic rings. The van der Waals surface area contributed by atoms with Crippen molar-refractivity contribution in [3.05, 3.63) is 39.9 Å². The Balaban J connectivity index is 1.52. The van der Waals surface area contributed by atoms with E-state index < -0.39 is 0 Å². The van der Waals surface area contributed by atoms with Crippen molar-refractivity contribution in [2.45, 2.75) is 26.2 Å². The van der Waals surface area contributed by atoms with Crippen LogP contribution in [0.3, 0.4) is 0 Å². The molecule has 0 spiro atoms. The zero-order valence-corrected chi connectivity index (χ0v) is 14.2. The zero-order chi connectivity index (χ0) is 16.5. The lowest BCUT2D eigenvalue weighted by Gasteiger charge is -2.18. The lowest BCUT2D eigenvalue weighted by Crippen LogP contribution is -2.21. The maximum atomic E-state index is 12.5. The number of ether oxygens (including phenoxy) is 2. The lowest BCUT2D eigenvalue weighted by atomic mass is 10.1. The Morgan fingerprint density at radius 1 is 1.42 bits per heavy atom. The van der Waals surface area contributed by atoms with Gasteiger partial charge in [0.05, 0.1) is 17.9 Å². The molecule has 0 radical (unpaired) electrons. The molecule has 2 aliphatic rings. The summed E-state index contributed by atoms with van der Waals surface area (Å²) in [5.74, 6) is 1.38. The van der Waals surface area contributed by atoms with Gasteiger partial charge in [-0.15, -0.1) is 11.3 Å². The average molecular weight is 342 g/mol. The van der Waals surface area contributed by atoms with Gasteiger partial charge >= 0.3 is 0 Å². The first-order chi connectivity index (χ1) is 11.7. The van der Waals surface area contributed by atoms with E-state index in [1.165, 1.54) is 11.3 Å². The number of amides is 1. The first-order valence-corrected chi connectivity index (χ1v) is 8.94. The Hall–Kier alpha value is -2.34. The van der Waals surface area contributed by atoms with Gasteiger partial charge in [-0.25, -0.2) is 4.98 Å². The van der Waals surface area contributed by atoms with Crippen LogP contribution in [0.1, 0.15) is 29.5 Å². The summed E-state index contributed by atoms with van der Waals surface area (Å²) in [5, 5.41) is 3.58. The molecule has 0 fully saturated rings. The van der Waals surface area contributed by atoms with Crippen LogP contribution >= 0.6 is 11.3 Å². The summed E-state index contributed by atoms with van der Waals surface area (Å²) in [4.78, 5) is 18.3. The van der Waals surface area contributed by atoms with Crippen LogP contribution < -0.4 is 14.8 Å². The van der Waals surface area contributed by atoms with Crippen LogP contribution in [-0.2, 0) is 17.6 Å². The minimum Gasteiger partial charge on any atom is -0.494 e. The smallest absolute Gasteiger partial charge is 0.256 e. The molecule has 1 aliphatic carbocycles. The topological polar surface area (TPSA) is 60.5 Å². The number of aromatic nitrogens is 1. The highest BCUT2D eigenvalue weighted by atomic mass is 32.1. The monoisotopic (exact) mass is 342 g/mol. The second kappa shape index (κ2) is 6.28. The summed E-state index contributed by atoms with van der Waals surface area (Å²) in [5.41, 5.74) is 2.58. The third-order valence-corrected chi connectivity index (χ3v) is 5.19. The van der Waals surface area contributed by atoms with E-state index in [-0.39, 0.29) is 12.5 Å². The van der Waals surface area contributed by atoms with Crippen LogP contribution in [0.25, 0.3) is 6.08 Å². The molecule has 24 heavy (non-hydrogen) atoms. The van der Waals surface area contributed by atoms with E-state index in [2.05, 4.69) is 10.3 Å². The van der Waals surface area contributed by atoms with Gasteiger partial charge in [0.15, 0.2) is 5.13 Å². The fourth-order valence-corrected chi connectivity index (χ4v) is 4.01. The number of aryl methyl sites for hydroxylation is 2. The first-order valence-electron chi connectivity index (χ1n) is 8.13. The van der Waals surface area contributed by atoms with E-state index in [4.69, 9.17) is 9.47 Å². The van der Waals surface area contributed by atoms with Gasteiger partial charge in [-0.3, -0.25) is 10.1 Å². The van der Waals surface area contributed by atoms with Gasteiger partial charge in [0.2, 0.25) is 0 Å². The van der Waals surface area contributed by atoms with Gasteiger partial charge in [0, 0.05) is 10.4 Å². The van der Waals surface area contributed by atoms with E-state index in [1.54, 1.807) is 11.3 Å². The minimum atomic E-state index is -0.158. The molecule has 6 heteroatoms. The zero-order valence-electron chi connectivity index (χ0n) is 13.4. The molecule has 2 heterocycles. The number of anilines is 1. The van der Waals surface area contributed by atoms with Gasteiger partial charge in [0.1, 0.15) is 18.1 Å². The molecule has 1 aromatic heterocycles. The predicted molar refractivity (Wildman–Crippen MR) is 93.9 cm³/mol. The third kappa shape index (κ3) is 2.89. The number of carbonyl (C=O) groups is 1. The highest BCUT2D eigenvalue weighted by Gasteiger charge is 2.21. The number of hydrogen-bond donors (Lipinski definition) is 1. The summed E-state index contributed by atoms with van der Waals surface area (Å²) < 4.78 is 11.2. The second-order valence-electron chi connectivity index (χ2n) is 5.79. The van der Waals surface area contributed by atoms with Crippen LogP contribution in [0, 0.1) is 0 Å². The van der Waals surface area contributed by atoms with E-state index in [0.29, 0.717) is 17.3 Å². The number of nitrogens with zero attached hydrogens (tertiary/aromatic N) is 1. The molecule has 0 atom stereocenters. The number of carbonyl (C=O) groups excluding carboxylic acids is 1. The summed E-state index contributed by atoms with van der Waals surface area (Å²) in [6, 6.07) is 5.64. The minimum absolute atomic E-state index is 0.158. The van der Waals surface area contributed by atoms with Gasteiger partial charge in [-0.05, 0) is 50.5 Å². The van der Waals surface area contributed by atoms with Crippen molar-refractivity contribution in [1.82, 2.24) is 4.98 Å². The normalized spacial score (nSPS) is 15.1. The van der Waals surface area contributed by atoms with Crippen molar-refractivity contribution in [3.63, 3.8) is 0 Å². The Labute approximate surface area is 144 Å². The summed E-state index contributed by atoms with van der Waals surface area (Å²) in [7, 11) is 0.